The number of hydrogen-bond acceptors (Lipinski definition) is 4. The summed E-state index contributed by atoms with van der Waals surface area (Å²) in [5.41, 5.74) is 1.36. The SMILES string of the molecule is CN=C(NCCC(C)N(C)Cc1ccccc1)N1CCOC(C2CCCO2)C1.I. The van der Waals surface area contributed by atoms with Gasteiger partial charge in [0.15, 0.2) is 5.96 Å². The average Bonchev–Trinajstić information content (AvgIpc) is 3.27. The Labute approximate surface area is 193 Å². The van der Waals surface area contributed by atoms with Gasteiger partial charge < -0.3 is 19.7 Å². The summed E-state index contributed by atoms with van der Waals surface area (Å²) in [5, 5.41) is 3.55. The van der Waals surface area contributed by atoms with E-state index in [4.69, 9.17) is 9.47 Å². The Morgan fingerprint density at radius 2 is 2.00 bits per heavy atom. The van der Waals surface area contributed by atoms with E-state index in [-0.39, 0.29) is 36.2 Å². The maximum Gasteiger partial charge on any atom is 0.193 e. The molecule has 0 aromatic heterocycles. The van der Waals surface area contributed by atoms with E-state index in [9.17, 15) is 0 Å². The van der Waals surface area contributed by atoms with Crippen molar-refractivity contribution in [1.82, 2.24) is 15.1 Å². The van der Waals surface area contributed by atoms with Gasteiger partial charge in [-0.25, -0.2) is 0 Å². The van der Waals surface area contributed by atoms with Crippen molar-refractivity contribution in [2.75, 3.05) is 46.9 Å². The Balaban J connectivity index is 0.00000300. The highest BCUT2D eigenvalue weighted by Crippen LogP contribution is 2.21. The van der Waals surface area contributed by atoms with Crippen LogP contribution in [0.5, 0.6) is 0 Å². The third-order valence-electron chi connectivity index (χ3n) is 5.86. The summed E-state index contributed by atoms with van der Waals surface area (Å²) < 4.78 is 11.8. The van der Waals surface area contributed by atoms with Gasteiger partial charge >= 0.3 is 0 Å². The molecule has 0 aliphatic carbocycles. The van der Waals surface area contributed by atoms with E-state index in [0.29, 0.717) is 6.04 Å². The summed E-state index contributed by atoms with van der Waals surface area (Å²) in [6, 6.07) is 11.1. The molecule has 1 aromatic rings. The Hall–Kier alpha value is -0.900. The van der Waals surface area contributed by atoms with Gasteiger partial charge in [0, 0.05) is 45.9 Å². The Morgan fingerprint density at radius 1 is 1.24 bits per heavy atom. The number of aliphatic imine (C=N–C) groups is 1. The van der Waals surface area contributed by atoms with Crippen LogP contribution in [0.25, 0.3) is 0 Å². The van der Waals surface area contributed by atoms with Crippen LogP contribution < -0.4 is 5.32 Å². The fourth-order valence-corrected chi connectivity index (χ4v) is 3.96. The molecular formula is C22H37IN4O2. The van der Waals surface area contributed by atoms with Gasteiger partial charge in [0.1, 0.15) is 6.10 Å². The minimum atomic E-state index is 0. The second kappa shape index (κ2) is 12.7. The molecule has 2 saturated heterocycles. The average molecular weight is 516 g/mol. The summed E-state index contributed by atoms with van der Waals surface area (Å²) >= 11 is 0. The lowest BCUT2D eigenvalue weighted by atomic mass is 10.1. The first kappa shape index (κ1) is 24.4. The summed E-state index contributed by atoms with van der Waals surface area (Å²) in [5.74, 6) is 0.976. The number of benzene rings is 1. The molecule has 1 N–H and O–H groups in total. The van der Waals surface area contributed by atoms with E-state index in [1.807, 2.05) is 7.05 Å². The van der Waals surface area contributed by atoms with E-state index >= 15 is 0 Å². The third-order valence-corrected chi connectivity index (χ3v) is 5.86. The minimum absolute atomic E-state index is 0. The molecule has 2 fully saturated rings. The van der Waals surface area contributed by atoms with Crippen molar-refractivity contribution in [1.29, 1.82) is 0 Å². The minimum Gasteiger partial charge on any atom is -0.375 e. The topological polar surface area (TPSA) is 49.3 Å². The molecule has 0 amide bonds. The summed E-state index contributed by atoms with van der Waals surface area (Å²) in [4.78, 5) is 9.22. The summed E-state index contributed by atoms with van der Waals surface area (Å²) in [6.45, 7) is 7.52. The maximum absolute atomic E-state index is 5.96. The van der Waals surface area contributed by atoms with Crippen molar-refractivity contribution in [3.63, 3.8) is 0 Å². The molecule has 29 heavy (non-hydrogen) atoms. The number of guanidine groups is 1. The number of ether oxygens (including phenoxy) is 2. The second-order valence-electron chi connectivity index (χ2n) is 7.92. The zero-order valence-corrected chi connectivity index (χ0v) is 20.4. The van der Waals surface area contributed by atoms with Crippen LogP contribution in [0, 0.1) is 0 Å². The molecule has 3 unspecified atom stereocenters. The number of nitrogens with zero attached hydrogens (tertiary/aromatic N) is 3. The lowest BCUT2D eigenvalue weighted by molar-refractivity contribution is -0.0817. The van der Waals surface area contributed by atoms with Gasteiger partial charge in [-0.2, -0.15) is 0 Å². The van der Waals surface area contributed by atoms with Crippen LogP contribution in [-0.4, -0.2) is 81.0 Å². The fourth-order valence-electron chi connectivity index (χ4n) is 3.96. The molecule has 2 heterocycles. The largest absolute Gasteiger partial charge is 0.375 e. The molecular weight excluding hydrogens is 479 g/mol. The molecule has 0 saturated carbocycles. The number of morpholine rings is 1. The zero-order valence-electron chi connectivity index (χ0n) is 18.0. The molecule has 3 rings (SSSR count). The quantitative estimate of drug-likeness (QED) is 0.343. The summed E-state index contributed by atoms with van der Waals surface area (Å²) in [6.07, 6.45) is 3.72. The molecule has 0 bridgehead atoms. The standard InChI is InChI=1S/C22H36N4O2.HI/c1-18(25(3)16-19-8-5-4-6-9-19)11-12-24-22(23-2)26-13-15-28-21(17-26)20-10-7-14-27-20;/h4-6,8-9,18,20-21H,7,10-17H2,1-3H3,(H,23,24);1H. The van der Waals surface area contributed by atoms with Crippen LogP contribution in [0.4, 0.5) is 0 Å². The first-order chi connectivity index (χ1) is 13.7. The number of nitrogens with one attached hydrogen (secondary N) is 1. The van der Waals surface area contributed by atoms with E-state index < -0.39 is 0 Å². The number of hydrogen-bond donors (Lipinski definition) is 1. The molecule has 0 radical (unpaired) electrons. The highest BCUT2D eigenvalue weighted by Gasteiger charge is 2.32. The first-order valence-corrected chi connectivity index (χ1v) is 10.6. The lowest BCUT2D eigenvalue weighted by Crippen LogP contribution is -2.53. The zero-order chi connectivity index (χ0) is 19.8. The van der Waals surface area contributed by atoms with E-state index in [2.05, 4.69) is 64.4 Å². The third kappa shape index (κ3) is 7.38. The second-order valence-corrected chi connectivity index (χ2v) is 7.92. The molecule has 2 aliphatic heterocycles. The molecule has 1 aromatic carbocycles. The highest BCUT2D eigenvalue weighted by molar-refractivity contribution is 14.0. The van der Waals surface area contributed by atoms with Gasteiger partial charge in [-0.3, -0.25) is 9.89 Å². The highest BCUT2D eigenvalue weighted by atomic mass is 127. The van der Waals surface area contributed by atoms with Crippen LogP contribution in [0.2, 0.25) is 0 Å². The van der Waals surface area contributed by atoms with Crippen LogP contribution in [0.1, 0.15) is 31.7 Å². The molecule has 7 heteroatoms. The maximum atomic E-state index is 5.96. The van der Waals surface area contributed by atoms with Crippen LogP contribution in [0.3, 0.4) is 0 Å². The van der Waals surface area contributed by atoms with Crippen molar-refractivity contribution < 1.29 is 9.47 Å². The monoisotopic (exact) mass is 516 g/mol. The summed E-state index contributed by atoms with van der Waals surface area (Å²) in [7, 11) is 4.06. The van der Waals surface area contributed by atoms with E-state index in [1.54, 1.807) is 0 Å². The molecule has 164 valence electrons. The first-order valence-electron chi connectivity index (χ1n) is 10.6. The van der Waals surface area contributed by atoms with Crippen molar-refractivity contribution in [3.8, 4) is 0 Å². The fraction of sp³-hybridized carbons (Fsp3) is 0.682. The molecule has 0 spiro atoms. The van der Waals surface area contributed by atoms with Crippen molar-refractivity contribution in [2.24, 2.45) is 4.99 Å². The predicted octanol–water partition coefficient (Wildman–Crippen LogP) is 2.97. The Kier molecular flexibility index (Phi) is 10.7. The molecule has 6 nitrogen and oxygen atoms in total. The number of rotatable bonds is 7. The van der Waals surface area contributed by atoms with Crippen molar-refractivity contribution in [3.05, 3.63) is 35.9 Å². The van der Waals surface area contributed by atoms with Crippen LogP contribution in [-0.2, 0) is 16.0 Å². The predicted molar refractivity (Wildman–Crippen MR) is 129 cm³/mol. The van der Waals surface area contributed by atoms with Crippen LogP contribution in [0.15, 0.2) is 35.3 Å². The van der Waals surface area contributed by atoms with Crippen LogP contribution >= 0.6 is 24.0 Å². The molecule has 2 aliphatic rings. The van der Waals surface area contributed by atoms with Gasteiger partial charge in [0.2, 0.25) is 0 Å². The van der Waals surface area contributed by atoms with Gasteiger partial charge in [-0.05, 0) is 38.8 Å². The van der Waals surface area contributed by atoms with Gasteiger partial charge in [-0.15, -0.1) is 24.0 Å². The van der Waals surface area contributed by atoms with Crippen molar-refractivity contribution >= 4 is 29.9 Å². The lowest BCUT2D eigenvalue weighted by Gasteiger charge is -2.37. The van der Waals surface area contributed by atoms with Gasteiger partial charge in [0.05, 0.1) is 12.7 Å². The van der Waals surface area contributed by atoms with E-state index in [0.717, 1.165) is 64.6 Å². The van der Waals surface area contributed by atoms with Crippen molar-refractivity contribution in [2.45, 2.75) is 51.0 Å². The van der Waals surface area contributed by atoms with Gasteiger partial charge in [-0.1, -0.05) is 30.3 Å². The number of halogens is 1. The van der Waals surface area contributed by atoms with Gasteiger partial charge in [0.25, 0.3) is 0 Å². The smallest absolute Gasteiger partial charge is 0.193 e. The Bertz CT molecular complexity index is 610. The molecule has 3 atom stereocenters. The Morgan fingerprint density at radius 3 is 2.69 bits per heavy atom. The van der Waals surface area contributed by atoms with E-state index in [1.165, 1.54) is 5.56 Å². The normalized spacial score (nSPS) is 23.7.